The summed E-state index contributed by atoms with van der Waals surface area (Å²) in [7, 11) is 0. The van der Waals surface area contributed by atoms with Gasteiger partial charge in [0.2, 0.25) is 0 Å². The van der Waals surface area contributed by atoms with Crippen molar-refractivity contribution in [3.63, 3.8) is 0 Å². The van der Waals surface area contributed by atoms with E-state index < -0.39 is 0 Å². The van der Waals surface area contributed by atoms with Crippen molar-refractivity contribution < 1.29 is 4.79 Å². The summed E-state index contributed by atoms with van der Waals surface area (Å²) in [5, 5.41) is 13.6. The molecule has 0 bridgehead atoms. The maximum absolute atomic E-state index is 12.5. The van der Waals surface area contributed by atoms with Crippen molar-refractivity contribution in [1.29, 1.82) is 5.26 Å². The Balaban J connectivity index is 1.87. The molecule has 4 nitrogen and oxygen atoms in total. The number of nitriles is 1. The average Bonchev–Trinajstić information content (AvgIpc) is 2.90. The number of aryl methyl sites for hydroxylation is 1. The monoisotopic (exact) mass is 321 g/mol. The van der Waals surface area contributed by atoms with E-state index in [0.29, 0.717) is 5.92 Å². The molecule has 0 aliphatic heterocycles. The number of hydrogen-bond acceptors (Lipinski definition) is 2. The van der Waals surface area contributed by atoms with Crippen LogP contribution in [0, 0.1) is 24.2 Å². The van der Waals surface area contributed by atoms with Crippen LogP contribution in [0.4, 0.5) is 0 Å². The number of carbonyl (C=O) groups is 1. The molecule has 1 saturated carbocycles. The zero-order valence-corrected chi connectivity index (χ0v) is 14.2. The van der Waals surface area contributed by atoms with Gasteiger partial charge >= 0.3 is 0 Å². The molecular formula is C20H23N3O. The highest BCUT2D eigenvalue weighted by atomic mass is 16.1. The molecule has 1 aromatic heterocycles. The lowest BCUT2D eigenvalue weighted by Crippen LogP contribution is -2.41. The molecular weight excluding hydrogens is 298 g/mol. The third-order valence-corrected chi connectivity index (χ3v) is 5.03. The summed E-state index contributed by atoms with van der Waals surface area (Å²) in [4.78, 5) is 15.8. The van der Waals surface area contributed by atoms with Gasteiger partial charge in [0.15, 0.2) is 0 Å². The molecule has 2 N–H and O–H groups in total. The molecule has 1 heterocycles. The number of carbonyl (C=O) groups excluding carboxylic acids is 1. The topological polar surface area (TPSA) is 68.7 Å². The van der Waals surface area contributed by atoms with E-state index in [2.05, 4.69) is 23.3 Å². The van der Waals surface area contributed by atoms with Crippen molar-refractivity contribution in [2.24, 2.45) is 5.92 Å². The minimum absolute atomic E-state index is 0.167. The van der Waals surface area contributed by atoms with E-state index in [1.807, 2.05) is 31.2 Å². The van der Waals surface area contributed by atoms with Crippen molar-refractivity contribution in [2.45, 2.75) is 45.6 Å². The third kappa shape index (κ3) is 3.21. The number of benzene rings is 1. The summed E-state index contributed by atoms with van der Waals surface area (Å²) >= 11 is 0. The lowest BCUT2D eigenvalue weighted by atomic mass is 9.86. The average molecular weight is 321 g/mol. The Morgan fingerprint density at radius 3 is 2.83 bits per heavy atom. The van der Waals surface area contributed by atoms with Crippen molar-refractivity contribution in [1.82, 2.24) is 10.3 Å². The van der Waals surface area contributed by atoms with E-state index in [4.69, 9.17) is 0 Å². The molecule has 4 heteroatoms. The number of aromatic amines is 1. The molecule has 1 aliphatic carbocycles. The summed E-state index contributed by atoms with van der Waals surface area (Å²) in [6, 6.07) is 10.2. The van der Waals surface area contributed by atoms with Crippen LogP contribution in [0.1, 0.15) is 43.9 Å². The van der Waals surface area contributed by atoms with Gasteiger partial charge in [0.05, 0.1) is 0 Å². The van der Waals surface area contributed by atoms with Crippen LogP contribution in [-0.4, -0.2) is 16.9 Å². The van der Waals surface area contributed by atoms with Crippen molar-refractivity contribution in [2.75, 3.05) is 0 Å². The Hall–Kier alpha value is -2.54. The first-order valence-corrected chi connectivity index (χ1v) is 8.60. The second kappa shape index (κ2) is 6.92. The summed E-state index contributed by atoms with van der Waals surface area (Å²) < 4.78 is 0. The van der Waals surface area contributed by atoms with Crippen LogP contribution >= 0.6 is 0 Å². The molecule has 3 rings (SSSR count). The number of H-pyrrole nitrogens is 1. The van der Waals surface area contributed by atoms with E-state index >= 15 is 0 Å². The highest BCUT2D eigenvalue weighted by molar-refractivity contribution is 6.04. The molecule has 1 aromatic carbocycles. The smallest absolute Gasteiger partial charge is 0.262 e. The van der Waals surface area contributed by atoms with Gasteiger partial charge in [-0.1, -0.05) is 38.0 Å². The van der Waals surface area contributed by atoms with Gasteiger partial charge in [-0.15, -0.1) is 0 Å². The van der Waals surface area contributed by atoms with Crippen molar-refractivity contribution in [3.8, 4) is 6.07 Å². The zero-order valence-electron chi connectivity index (χ0n) is 14.2. The van der Waals surface area contributed by atoms with E-state index in [1.165, 1.54) is 6.42 Å². The van der Waals surface area contributed by atoms with E-state index in [0.717, 1.165) is 41.4 Å². The highest BCUT2D eigenvalue weighted by Gasteiger charge is 2.24. The fourth-order valence-electron chi connectivity index (χ4n) is 3.55. The van der Waals surface area contributed by atoms with E-state index in [-0.39, 0.29) is 17.5 Å². The number of hydrogen-bond donors (Lipinski definition) is 2. The standard InChI is InChI=1S/C20H23N3O/c1-13-7-3-5-9-18(13)23-20(24)15(12-21)11-17-14(2)22-19-10-6-4-8-16(17)19/h4,6,8,10-11,13,18,22H,3,5,7,9H2,1-2H3,(H,23,24)/b15-11+/t13-,18-/m1/s1. The lowest BCUT2D eigenvalue weighted by molar-refractivity contribution is -0.118. The van der Waals surface area contributed by atoms with Gasteiger partial charge in [-0.2, -0.15) is 5.26 Å². The molecule has 0 radical (unpaired) electrons. The third-order valence-electron chi connectivity index (χ3n) is 5.03. The first-order valence-electron chi connectivity index (χ1n) is 8.60. The maximum Gasteiger partial charge on any atom is 0.262 e. The molecule has 2 atom stereocenters. The number of nitrogens with zero attached hydrogens (tertiary/aromatic N) is 1. The van der Waals surface area contributed by atoms with Crippen LogP contribution in [0.5, 0.6) is 0 Å². The van der Waals surface area contributed by atoms with Gasteiger partial charge in [-0.05, 0) is 37.8 Å². The molecule has 0 spiro atoms. The second-order valence-corrected chi connectivity index (χ2v) is 6.72. The Labute approximate surface area is 142 Å². The molecule has 1 amide bonds. The molecule has 0 unspecified atom stereocenters. The van der Waals surface area contributed by atoms with Crippen LogP contribution in [0.15, 0.2) is 29.8 Å². The number of amides is 1. The quantitative estimate of drug-likeness (QED) is 0.660. The van der Waals surface area contributed by atoms with Crippen molar-refractivity contribution >= 4 is 22.9 Å². The summed E-state index contributed by atoms with van der Waals surface area (Å²) in [6.45, 7) is 4.13. The van der Waals surface area contributed by atoms with Crippen LogP contribution in [0.2, 0.25) is 0 Å². The predicted molar refractivity (Wildman–Crippen MR) is 96.2 cm³/mol. The van der Waals surface area contributed by atoms with E-state index in [1.54, 1.807) is 6.08 Å². The van der Waals surface area contributed by atoms with Crippen molar-refractivity contribution in [3.05, 3.63) is 41.1 Å². The maximum atomic E-state index is 12.5. The first kappa shape index (κ1) is 16.3. The molecule has 1 aliphatic rings. The Bertz CT molecular complexity index is 825. The largest absolute Gasteiger partial charge is 0.358 e. The van der Waals surface area contributed by atoms with Gasteiger partial charge < -0.3 is 10.3 Å². The molecule has 1 fully saturated rings. The normalized spacial score (nSPS) is 21.5. The van der Waals surface area contributed by atoms with Crippen LogP contribution in [-0.2, 0) is 4.79 Å². The van der Waals surface area contributed by atoms with Gasteiger partial charge in [-0.3, -0.25) is 4.79 Å². The van der Waals surface area contributed by atoms with Gasteiger partial charge in [0.1, 0.15) is 11.6 Å². The Morgan fingerprint density at radius 1 is 1.33 bits per heavy atom. The summed E-state index contributed by atoms with van der Waals surface area (Å²) in [5.74, 6) is 0.207. The number of fused-ring (bicyclic) bond motifs is 1. The minimum Gasteiger partial charge on any atom is -0.358 e. The lowest BCUT2D eigenvalue weighted by Gasteiger charge is -2.29. The summed E-state index contributed by atoms with van der Waals surface area (Å²) in [5.41, 5.74) is 3.05. The Morgan fingerprint density at radius 2 is 2.08 bits per heavy atom. The molecule has 2 aromatic rings. The Kier molecular flexibility index (Phi) is 4.71. The van der Waals surface area contributed by atoms with Crippen LogP contribution < -0.4 is 5.32 Å². The number of nitrogens with one attached hydrogen (secondary N) is 2. The van der Waals surface area contributed by atoms with Crippen LogP contribution in [0.25, 0.3) is 17.0 Å². The number of rotatable bonds is 3. The predicted octanol–water partition coefficient (Wildman–Crippen LogP) is 4.08. The summed E-state index contributed by atoms with van der Waals surface area (Å²) in [6.07, 6.45) is 6.21. The zero-order chi connectivity index (χ0) is 17.1. The highest BCUT2D eigenvalue weighted by Crippen LogP contribution is 2.26. The number of aromatic nitrogens is 1. The molecule has 124 valence electrons. The SMILES string of the molecule is Cc1[nH]c2ccccc2c1/C=C(\C#N)C(=O)N[C@@H]1CCCC[C@H]1C. The fourth-order valence-corrected chi connectivity index (χ4v) is 3.55. The fraction of sp³-hybridized carbons (Fsp3) is 0.400. The van der Waals surface area contributed by atoms with Crippen LogP contribution in [0.3, 0.4) is 0 Å². The minimum atomic E-state index is -0.263. The first-order chi connectivity index (χ1) is 11.6. The molecule has 0 saturated heterocycles. The van der Waals surface area contributed by atoms with Gasteiger partial charge in [0, 0.05) is 28.2 Å². The van der Waals surface area contributed by atoms with E-state index in [9.17, 15) is 10.1 Å². The van der Waals surface area contributed by atoms with Gasteiger partial charge in [-0.25, -0.2) is 0 Å². The van der Waals surface area contributed by atoms with Gasteiger partial charge in [0.25, 0.3) is 5.91 Å². The second-order valence-electron chi connectivity index (χ2n) is 6.72. The molecule has 24 heavy (non-hydrogen) atoms. The number of para-hydroxylation sites is 1.